The Kier molecular flexibility index (Phi) is 4.32. The molecule has 3 heteroatoms. The largest absolute Gasteiger partial charge is 0.485 e. The Balaban J connectivity index is 1.83. The van der Waals surface area contributed by atoms with Crippen molar-refractivity contribution >= 4 is 5.78 Å². The van der Waals surface area contributed by atoms with Gasteiger partial charge in [0.25, 0.3) is 0 Å². The molecule has 0 fully saturated rings. The third kappa shape index (κ3) is 4.70. The Morgan fingerprint density at radius 1 is 0.800 bits per heavy atom. The minimum atomic E-state index is -2.71. The van der Waals surface area contributed by atoms with Crippen molar-refractivity contribution in [3.05, 3.63) is 95.6 Å². The molecule has 0 radical (unpaired) electrons. The van der Waals surface area contributed by atoms with E-state index < -0.39 is 12.6 Å². The van der Waals surface area contributed by atoms with Crippen LogP contribution >= 0.6 is 0 Å². The van der Waals surface area contributed by atoms with E-state index in [4.69, 9.17) is 13.6 Å². The maximum absolute atomic E-state index is 12.1. The quantitative estimate of drug-likeness (QED) is 0.567. The fourth-order valence-corrected chi connectivity index (χ4v) is 2.35. The number of hydrogen-bond donors (Lipinski definition) is 0. The predicted octanol–water partition coefficient (Wildman–Crippen LogP) is 5.05. The summed E-state index contributed by atoms with van der Waals surface area (Å²) in [5.74, 6) is -0.150. The highest BCUT2D eigenvalue weighted by Gasteiger charge is 2.10. The first-order valence-electron chi connectivity index (χ1n) is 9.46. The van der Waals surface area contributed by atoms with Crippen molar-refractivity contribution in [1.82, 2.24) is 0 Å². The van der Waals surface area contributed by atoms with Crippen LogP contribution in [0.4, 0.5) is 0 Å². The Morgan fingerprint density at radius 3 is 1.92 bits per heavy atom. The molecule has 0 heterocycles. The number of ether oxygens (including phenoxy) is 2. The summed E-state index contributed by atoms with van der Waals surface area (Å²) in [5, 5.41) is 0. The van der Waals surface area contributed by atoms with Gasteiger partial charge in [0.2, 0.25) is 0 Å². The smallest absolute Gasteiger partial charge is 0.162 e. The summed E-state index contributed by atoms with van der Waals surface area (Å²) in [6.45, 7) is -2.10. The van der Waals surface area contributed by atoms with Gasteiger partial charge in [-0.15, -0.1) is 0 Å². The zero-order valence-electron chi connectivity index (χ0n) is 16.6. The number of rotatable bonds is 7. The first-order valence-corrected chi connectivity index (χ1v) is 7.96. The second kappa shape index (κ2) is 8.15. The summed E-state index contributed by atoms with van der Waals surface area (Å²) in [4.78, 5) is 12.1. The molecule has 3 aromatic rings. The summed E-state index contributed by atoms with van der Waals surface area (Å²) in [7, 11) is 0. The molecule has 0 aliphatic carbocycles. The van der Waals surface area contributed by atoms with Crippen LogP contribution in [0.3, 0.4) is 0 Å². The zero-order valence-corrected chi connectivity index (χ0v) is 13.6. The molecule has 0 amide bonds. The molecular formula is C22H20O3. The van der Waals surface area contributed by atoms with Crippen molar-refractivity contribution in [2.75, 3.05) is 0 Å². The van der Waals surface area contributed by atoms with E-state index in [2.05, 4.69) is 0 Å². The van der Waals surface area contributed by atoms with Gasteiger partial charge in [0.05, 0.1) is 0 Å². The second-order valence-corrected chi connectivity index (χ2v) is 5.54. The van der Waals surface area contributed by atoms with E-state index in [0.717, 1.165) is 11.1 Å². The molecule has 0 unspecified atom stereocenters. The molecule has 0 spiro atoms. The maximum atomic E-state index is 12.1. The lowest BCUT2D eigenvalue weighted by atomic mass is 10.1. The normalized spacial score (nSPS) is 12.6. The number of Topliss-reactive ketones (excluding diaryl/α,β-unsaturated/α-hetero) is 1. The third-order valence-electron chi connectivity index (χ3n) is 3.68. The Hall–Kier alpha value is -3.07. The average Bonchev–Trinajstić information content (AvgIpc) is 2.71. The molecular weight excluding hydrogens is 312 g/mol. The van der Waals surface area contributed by atoms with Crippen molar-refractivity contribution in [3.63, 3.8) is 0 Å². The van der Waals surface area contributed by atoms with Gasteiger partial charge in [0.1, 0.15) is 13.2 Å². The lowest BCUT2D eigenvalue weighted by Crippen LogP contribution is -2.02. The summed E-state index contributed by atoms with van der Waals surface area (Å²) < 4.78 is 33.7. The number of benzene rings is 3. The Labute approximate surface area is 152 Å². The van der Waals surface area contributed by atoms with Gasteiger partial charge < -0.3 is 9.47 Å². The van der Waals surface area contributed by atoms with Crippen LogP contribution in [0, 0.1) is 0 Å². The van der Waals surface area contributed by atoms with E-state index in [0.29, 0.717) is 18.1 Å². The van der Waals surface area contributed by atoms with Gasteiger partial charge in [-0.3, -0.25) is 4.79 Å². The second-order valence-electron chi connectivity index (χ2n) is 5.54. The first-order chi connectivity index (χ1) is 13.4. The number of carbonyl (C=O) groups excluding carboxylic acids is 1. The first kappa shape index (κ1) is 13.2. The highest BCUT2D eigenvalue weighted by Crippen LogP contribution is 2.30. The molecule has 3 rings (SSSR count). The molecule has 25 heavy (non-hydrogen) atoms. The van der Waals surface area contributed by atoms with E-state index in [9.17, 15) is 4.79 Å². The van der Waals surface area contributed by atoms with Crippen LogP contribution in [-0.2, 0) is 13.2 Å². The van der Waals surface area contributed by atoms with Crippen LogP contribution in [0.15, 0.2) is 78.9 Å². The molecule has 0 N–H and O–H groups in total. The number of carbonyl (C=O) groups is 1. The lowest BCUT2D eigenvalue weighted by molar-refractivity contribution is 0.101. The van der Waals surface area contributed by atoms with E-state index in [1.807, 2.05) is 60.7 Å². The van der Waals surface area contributed by atoms with Gasteiger partial charge in [-0.1, -0.05) is 60.7 Å². The van der Waals surface area contributed by atoms with E-state index in [-0.39, 0.29) is 12.2 Å². The molecule has 3 nitrogen and oxygen atoms in total. The average molecular weight is 335 g/mol. The summed E-state index contributed by atoms with van der Waals surface area (Å²) in [6, 6.07) is 23.6. The maximum Gasteiger partial charge on any atom is 0.162 e. The summed E-state index contributed by atoms with van der Waals surface area (Å²) >= 11 is 0. The van der Waals surface area contributed by atoms with E-state index in [1.54, 1.807) is 6.07 Å². The summed E-state index contributed by atoms with van der Waals surface area (Å²) in [5.41, 5.74) is 2.00. The Morgan fingerprint density at radius 2 is 1.36 bits per heavy atom. The van der Waals surface area contributed by atoms with Crippen LogP contribution in [0.5, 0.6) is 11.5 Å². The van der Waals surface area contributed by atoms with Crippen LogP contribution in [0.25, 0.3) is 0 Å². The molecule has 0 aliphatic rings. The molecule has 0 bridgehead atoms. The lowest BCUT2D eigenvalue weighted by Gasteiger charge is -2.14. The van der Waals surface area contributed by atoms with Gasteiger partial charge in [0.15, 0.2) is 17.3 Å². The van der Waals surface area contributed by atoms with Crippen LogP contribution in [0.1, 0.15) is 32.4 Å². The van der Waals surface area contributed by atoms with Crippen LogP contribution in [-0.4, -0.2) is 5.78 Å². The molecule has 0 saturated heterocycles. The fraction of sp³-hybridized carbons (Fsp3) is 0.136. The van der Waals surface area contributed by atoms with Crippen molar-refractivity contribution in [3.8, 4) is 11.5 Å². The fourth-order valence-electron chi connectivity index (χ4n) is 2.35. The SMILES string of the molecule is [2H]C([2H])([2H])C(=O)c1ccc(OCc2ccccc2)c(OCc2ccccc2)c1. The van der Waals surface area contributed by atoms with E-state index in [1.165, 1.54) is 12.1 Å². The van der Waals surface area contributed by atoms with Crippen molar-refractivity contribution in [1.29, 1.82) is 0 Å². The van der Waals surface area contributed by atoms with Crippen LogP contribution < -0.4 is 9.47 Å². The van der Waals surface area contributed by atoms with Crippen molar-refractivity contribution < 1.29 is 18.4 Å². The van der Waals surface area contributed by atoms with Crippen LogP contribution in [0.2, 0.25) is 0 Å². The highest BCUT2D eigenvalue weighted by atomic mass is 16.5. The highest BCUT2D eigenvalue weighted by molar-refractivity contribution is 5.94. The number of hydrogen-bond acceptors (Lipinski definition) is 3. The zero-order chi connectivity index (χ0) is 20.0. The van der Waals surface area contributed by atoms with E-state index >= 15 is 0 Å². The van der Waals surface area contributed by atoms with Gasteiger partial charge in [-0.05, 0) is 36.2 Å². The Bertz CT molecular complexity index is 923. The number of ketones is 1. The molecule has 0 aliphatic heterocycles. The van der Waals surface area contributed by atoms with Crippen molar-refractivity contribution in [2.45, 2.75) is 20.1 Å². The topological polar surface area (TPSA) is 35.5 Å². The molecule has 0 saturated carbocycles. The van der Waals surface area contributed by atoms with Crippen molar-refractivity contribution in [2.24, 2.45) is 0 Å². The predicted molar refractivity (Wildman–Crippen MR) is 98.0 cm³/mol. The molecule has 3 aromatic carbocycles. The molecule has 0 aromatic heterocycles. The van der Waals surface area contributed by atoms with Gasteiger partial charge in [0, 0.05) is 9.68 Å². The minimum absolute atomic E-state index is 0.0649. The standard InChI is InChI=1S/C22H20O3/c1-17(23)20-12-13-21(24-15-18-8-4-2-5-9-18)22(14-20)25-16-19-10-6-3-7-11-19/h2-14H,15-16H2,1H3/i1D3. The minimum Gasteiger partial charge on any atom is -0.485 e. The molecule has 126 valence electrons. The molecule has 0 atom stereocenters. The van der Waals surface area contributed by atoms with Gasteiger partial charge >= 0.3 is 0 Å². The third-order valence-corrected chi connectivity index (χ3v) is 3.68. The van der Waals surface area contributed by atoms with Gasteiger partial charge in [-0.25, -0.2) is 0 Å². The van der Waals surface area contributed by atoms with Gasteiger partial charge in [-0.2, -0.15) is 0 Å². The monoisotopic (exact) mass is 335 g/mol. The summed E-state index contributed by atoms with van der Waals surface area (Å²) in [6.07, 6.45) is 0.